The lowest BCUT2D eigenvalue weighted by Crippen LogP contribution is -2.41. The first-order chi connectivity index (χ1) is 11.6. The van der Waals surface area contributed by atoms with E-state index in [1.165, 1.54) is 0 Å². The number of ether oxygens (including phenoxy) is 1. The zero-order valence-corrected chi connectivity index (χ0v) is 15.2. The van der Waals surface area contributed by atoms with Crippen molar-refractivity contribution in [3.63, 3.8) is 0 Å². The van der Waals surface area contributed by atoms with Crippen LogP contribution in [-0.4, -0.2) is 52.9 Å². The highest BCUT2D eigenvalue weighted by Crippen LogP contribution is 2.08. The van der Waals surface area contributed by atoms with Gasteiger partial charge in [-0.25, -0.2) is 13.1 Å². The molecule has 0 atom stereocenters. The monoisotopic (exact) mass is 356 g/mol. The van der Waals surface area contributed by atoms with Crippen molar-refractivity contribution in [2.75, 3.05) is 38.5 Å². The van der Waals surface area contributed by atoms with Crippen molar-refractivity contribution in [3.8, 4) is 5.75 Å². The number of nitrogens with one attached hydrogen (secondary N) is 3. The van der Waals surface area contributed by atoms with Crippen LogP contribution in [0.5, 0.6) is 5.75 Å². The summed E-state index contributed by atoms with van der Waals surface area (Å²) < 4.78 is 30.8. The lowest BCUT2D eigenvalue weighted by molar-refractivity contribution is 0.313. The Hall–Kier alpha value is -1.80. The summed E-state index contributed by atoms with van der Waals surface area (Å²) in [7, 11) is -3.15. The fourth-order valence-electron chi connectivity index (χ4n) is 1.79. The molecule has 136 valence electrons. The first-order valence-electron chi connectivity index (χ1n) is 8.24. The maximum absolute atomic E-state index is 11.3. The van der Waals surface area contributed by atoms with Gasteiger partial charge >= 0.3 is 0 Å². The Bertz CT molecular complexity index is 576. The van der Waals surface area contributed by atoms with Gasteiger partial charge in [-0.2, -0.15) is 0 Å². The molecule has 0 aromatic heterocycles. The van der Waals surface area contributed by atoms with E-state index >= 15 is 0 Å². The van der Waals surface area contributed by atoms with Gasteiger partial charge in [0.05, 0.1) is 12.4 Å². The predicted molar refractivity (Wildman–Crippen MR) is 98.0 cm³/mol. The van der Waals surface area contributed by atoms with Crippen LogP contribution in [0, 0.1) is 0 Å². The van der Waals surface area contributed by atoms with Gasteiger partial charge in [0.25, 0.3) is 0 Å². The quantitative estimate of drug-likeness (QED) is 0.312. The van der Waals surface area contributed by atoms with E-state index in [0.717, 1.165) is 18.7 Å². The second-order valence-electron chi connectivity index (χ2n) is 5.00. The predicted octanol–water partition coefficient (Wildman–Crippen LogP) is 0.950. The molecule has 3 N–H and O–H groups in total. The van der Waals surface area contributed by atoms with Crippen LogP contribution in [0.2, 0.25) is 0 Å². The Morgan fingerprint density at radius 1 is 1.12 bits per heavy atom. The van der Waals surface area contributed by atoms with Gasteiger partial charge in [0, 0.05) is 32.6 Å². The molecule has 24 heavy (non-hydrogen) atoms. The van der Waals surface area contributed by atoms with Crippen LogP contribution in [0.15, 0.2) is 35.3 Å². The third kappa shape index (κ3) is 9.36. The molecule has 0 amide bonds. The van der Waals surface area contributed by atoms with E-state index in [-0.39, 0.29) is 5.75 Å². The molecule has 0 spiro atoms. The number of guanidine groups is 1. The summed E-state index contributed by atoms with van der Waals surface area (Å²) in [6, 6.07) is 9.67. The lowest BCUT2D eigenvalue weighted by Gasteiger charge is -2.12. The molecular weight excluding hydrogens is 328 g/mol. The van der Waals surface area contributed by atoms with Gasteiger partial charge in [0.1, 0.15) is 5.75 Å². The van der Waals surface area contributed by atoms with Crippen LogP contribution in [0.1, 0.15) is 20.3 Å². The highest BCUT2D eigenvalue weighted by atomic mass is 32.2. The zero-order valence-electron chi connectivity index (χ0n) is 14.4. The van der Waals surface area contributed by atoms with Gasteiger partial charge < -0.3 is 15.4 Å². The molecule has 0 heterocycles. The molecule has 0 aliphatic carbocycles. The summed E-state index contributed by atoms with van der Waals surface area (Å²) in [5, 5.41) is 6.22. The summed E-state index contributed by atoms with van der Waals surface area (Å²) in [5.74, 6) is 1.62. The van der Waals surface area contributed by atoms with Crippen molar-refractivity contribution in [2.24, 2.45) is 4.99 Å². The van der Waals surface area contributed by atoms with Gasteiger partial charge in [-0.3, -0.25) is 4.99 Å². The molecule has 1 aromatic carbocycles. The topological polar surface area (TPSA) is 91.8 Å². The van der Waals surface area contributed by atoms with Gasteiger partial charge in [-0.15, -0.1) is 0 Å². The number of nitrogens with zero attached hydrogens (tertiary/aromatic N) is 1. The molecule has 0 radical (unpaired) electrons. The van der Waals surface area contributed by atoms with Crippen molar-refractivity contribution in [1.82, 2.24) is 15.4 Å². The Balaban J connectivity index is 2.24. The highest BCUT2D eigenvalue weighted by Gasteiger charge is 2.04. The molecule has 0 unspecified atom stereocenters. The Morgan fingerprint density at radius 3 is 2.54 bits per heavy atom. The molecule has 8 heteroatoms. The van der Waals surface area contributed by atoms with Gasteiger partial charge in [0.2, 0.25) is 10.0 Å². The number of para-hydroxylation sites is 1. The fraction of sp³-hybridized carbons (Fsp3) is 0.562. The van der Waals surface area contributed by atoms with Crippen molar-refractivity contribution in [1.29, 1.82) is 0 Å². The number of aliphatic imine (C=N–C) groups is 1. The molecular formula is C16H28N4O3S. The summed E-state index contributed by atoms with van der Waals surface area (Å²) in [6.45, 7) is 6.37. The van der Waals surface area contributed by atoms with E-state index < -0.39 is 10.0 Å². The summed E-state index contributed by atoms with van der Waals surface area (Å²) in [4.78, 5) is 4.44. The van der Waals surface area contributed by atoms with Crippen molar-refractivity contribution < 1.29 is 13.2 Å². The van der Waals surface area contributed by atoms with Crippen molar-refractivity contribution in [3.05, 3.63) is 30.3 Å². The van der Waals surface area contributed by atoms with Gasteiger partial charge in [0.15, 0.2) is 5.96 Å². The summed E-state index contributed by atoms with van der Waals surface area (Å²) in [5.41, 5.74) is 0. The minimum absolute atomic E-state index is 0.0859. The smallest absolute Gasteiger partial charge is 0.211 e. The van der Waals surface area contributed by atoms with E-state index in [1.54, 1.807) is 6.92 Å². The summed E-state index contributed by atoms with van der Waals surface area (Å²) >= 11 is 0. The van der Waals surface area contributed by atoms with Crippen molar-refractivity contribution in [2.45, 2.75) is 20.3 Å². The molecule has 0 aliphatic rings. The molecule has 0 bridgehead atoms. The van der Waals surface area contributed by atoms with E-state index in [4.69, 9.17) is 4.74 Å². The molecule has 0 saturated carbocycles. The first-order valence-corrected chi connectivity index (χ1v) is 9.90. The number of rotatable bonds is 11. The van der Waals surface area contributed by atoms with Crippen LogP contribution >= 0.6 is 0 Å². The SMILES string of the molecule is CCNC(=NCCCOc1ccccc1)NCCNS(=O)(=O)CC. The third-order valence-corrected chi connectivity index (χ3v) is 4.45. The van der Waals surface area contributed by atoms with Crippen LogP contribution in [-0.2, 0) is 10.0 Å². The van der Waals surface area contributed by atoms with Crippen LogP contribution in [0.4, 0.5) is 0 Å². The third-order valence-electron chi connectivity index (χ3n) is 3.05. The average Bonchev–Trinajstić information content (AvgIpc) is 2.59. The normalized spacial score (nSPS) is 12.0. The first kappa shape index (κ1) is 20.2. The van der Waals surface area contributed by atoms with E-state index in [9.17, 15) is 8.42 Å². The second-order valence-corrected chi connectivity index (χ2v) is 7.10. The van der Waals surface area contributed by atoms with Crippen molar-refractivity contribution >= 4 is 16.0 Å². The fourth-order valence-corrected chi connectivity index (χ4v) is 2.41. The Kier molecular flexibility index (Phi) is 9.86. The molecule has 0 saturated heterocycles. The molecule has 0 aliphatic heterocycles. The van der Waals surface area contributed by atoms with E-state index in [2.05, 4.69) is 20.3 Å². The average molecular weight is 356 g/mol. The van der Waals surface area contributed by atoms with Crippen LogP contribution in [0.25, 0.3) is 0 Å². The number of hydrogen-bond acceptors (Lipinski definition) is 4. The number of benzene rings is 1. The lowest BCUT2D eigenvalue weighted by atomic mass is 10.3. The van der Waals surface area contributed by atoms with Gasteiger partial charge in [-0.1, -0.05) is 18.2 Å². The van der Waals surface area contributed by atoms with Crippen LogP contribution in [0.3, 0.4) is 0 Å². The maximum atomic E-state index is 11.3. The molecule has 7 nitrogen and oxygen atoms in total. The summed E-state index contributed by atoms with van der Waals surface area (Å²) in [6.07, 6.45) is 0.800. The van der Waals surface area contributed by atoms with Gasteiger partial charge in [-0.05, 0) is 26.0 Å². The minimum Gasteiger partial charge on any atom is -0.494 e. The largest absolute Gasteiger partial charge is 0.494 e. The molecule has 0 fully saturated rings. The minimum atomic E-state index is -3.15. The van der Waals surface area contributed by atoms with E-state index in [0.29, 0.717) is 32.2 Å². The number of sulfonamides is 1. The zero-order chi connectivity index (χ0) is 17.7. The second kappa shape index (κ2) is 11.7. The standard InChI is InChI=1S/C16H28N4O3S/c1-3-17-16(19-12-13-20-24(21,22)4-2)18-11-8-14-23-15-9-6-5-7-10-15/h5-7,9-10,20H,3-4,8,11-14H2,1-2H3,(H2,17,18,19). The Labute approximate surface area is 145 Å². The molecule has 1 rings (SSSR count). The van der Waals surface area contributed by atoms with Crippen LogP contribution < -0.4 is 20.1 Å². The number of hydrogen-bond donors (Lipinski definition) is 3. The maximum Gasteiger partial charge on any atom is 0.211 e. The molecule has 1 aromatic rings. The van der Waals surface area contributed by atoms with E-state index in [1.807, 2.05) is 37.3 Å². The Morgan fingerprint density at radius 2 is 1.88 bits per heavy atom. The highest BCUT2D eigenvalue weighted by molar-refractivity contribution is 7.89.